The van der Waals surface area contributed by atoms with Crippen LogP contribution in [0.4, 0.5) is 18.9 Å². The number of benzene rings is 3. The van der Waals surface area contributed by atoms with Gasteiger partial charge in [0.25, 0.3) is 5.91 Å². The molecule has 3 aromatic carbocycles. The fourth-order valence-electron chi connectivity index (χ4n) is 4.01. The minimum absolute atomic E-state index is 0.0287. The van der Waals surface area contributed by atoms with Crippen molar-refractivity contribution in [1.29, 1.82) is 0 Å². The molecule has 2 atom stereocenters. The highest BCUT2D eigenvalue weighted by Crippen LogP contribution is 2.54. The zero-order valence-electron chi connectivity index (χ0n) is 15.9. The van der Waals surface area contributed by atoms with Gasteiger partial charge in [0.05, 0.1) is 7.11 Å². The van der Waals surface area contributed by atoms with E-state index in [1.165, 1.54) is 73.8 Å². The maximum Gasteiger partial charge on any atom is 0.400 e. The number of carbonyl (C=O) groups excluding carboxylic acids is 1. The van der Waals surface area contributed by atoms with Gasteiger partial charge in [0.1, 0.15) is 11.7 Å². The lowest BCUT2D eigenvalue weighted by atomic mass is 9.82. The number of hydrogen-bond acceptors (Lipinski definition) is 3. The number of hydrogen-bond donors (Lipinski definition) is 1. The summed E-state index contributed by atoms with van der Waals surface area (Å²) in [5.74, 6) is -2.59. The van der Waals surface area contributed by atoms with Gasteiger partial charge in [-0.25, -0.2) is 0 Å². The summed E-state index contributed by atoms with van der Waals surface area (Å²) in [5.41, 5.74) is -2.74. The van der Waals surface area contributed by atoms with Crippen LogP contribution in [0.5, 0.6) is 5.75 Å². The third kappa shape index (κ3) is 3.02. The molecule has 0 aromatic heterocycles. The molecule has 1 heterocycles. The number of halogens is 3. The van der Waals surface area contributed by atoms with E-state index in [0.29, 0.717) is 5.75 Å². The molecule has 1 amide bonds. The van der Waals surface area contributed by atoms with Gasteiger partial charge in [0.2, 0.25) is 0 Å². The van der Waals surface area contributed by atoms with Crippen molar-refractivity contribution in [2.75, 3.05) is 12.0 Å². The molecule has 154 valence electrons. The van der Waals surface area contributed by atoms with Crippen LogP contribution in [-0.4, -0.2) is 24.3 Å². The fourth-order valence-corrected chi connectivity index (χ4v) is 4.01. The van der Waals surface area contributed by atoms with E-state index in [9.17, 15) is 23.1 Å². The van der Waals surface area contributed by atoms with Crippen molar-refractivity contribution in [2.45, 2.75) is 17.8 Å². The molecule has 0 saturated heterocycles. The lowest BCUT2D eigenvalue weighted by molar-refractivity contribution is -0.197. The standard InChI is InChI=1S/C23H18F3NO3/c1-30-17-13-11-16(12-14-17)27-21(28)18-9-5-6-10-19(18)22(27,29)20(23(24,25)26)15-7-3-2-4-8-15/h2-14,20,29H,1H3. The number of rotatable bonds is 4. The Hall–Kier alpha value is -3.32. The second-order valence-electron chi connectivity index (χ2n) is 7.00. The number of alkyl halides is 3. The largest absolute Gasteiger partial charge is 0.497 e. The van der Waals surface area contributed by atoms with E-state index < -0.39 is 23.7 Å². The van der Waals surface area contributed by atoms with Gasteiger partial charge in [-0.05, 0) is 35.9 Å². The molecule has 0 saturated carbocycles. The highest BCUT2D eigenvalue weighted by molar-refractivity contribution is 6.12. The molecule has 4 nitrogen and oxygen atoms in total. The molecule has 2 unspecified atom stereocenters. The second-order valence-corrected chi connectivity index (χ2v) is 7.00. The van der Waals surface area contributed by atoms with Crippen LogP contribution in [0.1, 0.15) is 27.4 Å². The van der Waals surface area contributed by atoms with Crippen molar-refractivity contribution in [3.8, 4) is 5.75 Å². The van der Waals surface area contributed by atoms with E-state index in [1.807, 2.05) is 0 Å². The molecule has 3 aromatic rings. The maximum atomic E-state index is 14.4. The van der Waals surface area contributed by atoms with Crippen LogP contribution >= 0.6 is 0 Å². The molecule has 1 aliphatic heterocycles. The van der Waals surface area contributed by atoms with Crippen LogP contribution in [0.25, 0.3) is 0 Å². The Labute approximate surface area is 171 Å². The Morgan fingerprint density at radius 1 is 0.933 bits per heavy atom. The zero-order chi connectivity index (χ0) is 21.5. The van der Waals surface area contributed by atoms with Gasteiger partial charge in [-0.3, -0.25) is 9.69 Å². The maximum absolute atomic E-state index is 14.4. The van der Waals surface area contributed by atoms with E-state index in [1.54, 1.807) is 12.1 Å². The van der Waals surface area contributed by atoms with Crippen LogP contribution in [-0.2, 0) is 5.72 Å². The molecule has 7 heteroatoms. The van der Waals surface area contributed by atoms with Crippen molar-refractivity contribution in [3.63, 3.8) is 0 Å². The average Bonchev–Trinajstić information content (AvgIpc) is 2.95. The first-order chi connectivity index (χ1) is 14.3. The van der Waals surface area contributed by atoms with E-state index in [0.717, 1.165) is 4.90 Å². The Balaban J connectivity index is 1.98. The predicted molar refractivity (Wildman–Crippen MR) is 105 cm³/mol. The van der Waals surface area contributed by atoms with Gasteiger partial charge in [0, 0.05) is 16.8 Å². The monoisotopic (exact) mass is 413 g/mol. The lowest BCUT2D eigenvalue weighted by Crippen LogP contribution is -2.52. The number of methoxy groups -OCH3 is 1. The molecular formula is C23H18F3NO3. The van der Waals surface area contributed by atoms with Crippen molar-refractivity contribution in [3.05, 3.63) is 95.6 Å². The number of amides is 1. The van der Waals surface area contributed by atoms with Gasteiger partial charge >= 0.3 is 6.18 Å². The van der Waals surface area contributed by atoms with Crippen LogP contribution in [0.15, 0.2) is 78.9 Å². The molecule has 0 aliphatic carbocycles. The molecule has 4 rings (SSSR count). The quantitative estimate of drug-likeness (QED) is 0.666. The summed E-state index contributed by atoms with van der Waals surface area (Å²) >= 11 is 0. The number of ether oxygens (including phenoxy) is 1. The third-order valence-electron chi connectivity index (χ3n) is 5.29. The SMILES string of the molecule is COc1ccc(N2C(=O)c3ccccc3C2(O)C(c2ccccc2)C(F)(F)F)cc1. The van der Waals surface area contributed by atoms with E-state index in [-0.39, 0.29) is 22.4 Å². The summed E-state index contributed by atoms with van der Waals surface area (Å²) < 4.78 is 48.3. The van der Waals surface area contributed by atoms with E-state index in [2.05, 4.69) is 0 Å². The van der Waals surface area contributed by atoms with Crippen LogP contribution in [0.2, 0.25) is 0 Å². The molecule has 0 bridgehead atoms. The minimum Gasteiger partial charge on any atom is -0.497 e. The Bertz CT molecular complexity index is 1070. The van der Waals surface area contributed by atoms with Crippen LogP contribution < -0.4 is 9.64 Å². The molecule has 1 aliphatic rings. The number of aliphatic hydroxyl groups is 1. The van der Waals surface area contributed by atoms with Gasteiger partial charge in [0.15, 0.2) is 5.72 Å². The summed E-state index contributed by atoms with van der Waals surface area (Å²) in [6.07, 6.45) is -4.83. The lowest BCUT2D eigenvalue weighted by Gasteiger charge is -2.41. The first kappa shape index (κ1) is 20.0. The highest BCUT2D eigenvalue weighted by atomic mass is 19.4. The van der Waals surface area contributed by atoms with Crippen molar-refractivity contribution in [1.82, 2.24) is 0 Å². The Kier molecular flexibility index (Phi) is 4.78. The van der Waals surface area contributed by atoms with Gasteiger partial charge in [-0.15, -0.1) is 0 Å². The molecule has 0 radical (unpaired) electrons. The van der Waals surface area contributed by atoms with Crippen LogP contribution in [0, 0.1) is 0 Å². The molecule has 0 fully saturated rings. The summed E-state index contributed by atoms with van der Waals surface area (Å²) in [4.78, 5) is 14.0. The second kappa shape index (κ2) is 7.18. The van der Waals surface area contributed by atoms with Crippen molar-refractivity contribution < 1.29 is 27.8 Å². The third-order valence-corrected chi connectivity index (χ3v) is 5.29. The smallest absolute Gasteiger partial charge is 0.400 e. The zero-order valence-corrected chi connectivity index (χ0v) is 15.9. The Morgan fingerprint density at radius 2 is 1.53 bits per heavy atom. The summed E-state index contributed by atoms with van der Waals surface area (Å²) in [5, 5.41) is 11.8. The van der Waals surface area contributed by atoms with Gasteiger partial charge in [-0.2, -0.15) is 13.2 Å². The first-order valence-corrected chi connectivity index (χ1v) is 9.20. The first-order valence-electron chi connectivity index (χ1n) is 9.20. The van der Waals surface area contributed by atoms with E-state index in [4.69, 9.17) is 4.74 Å². The number of carbonyl (C=O) groups is 1. The molecule has 1 N–H and O–H groups in total. The Morgan fingerprint density at radius 3 is 2.13 bits per heavy atom. The highest BCUT2D eigenvalue weighted by Gasteiger charge is 2.63. The fraction of sp³-hybridized carbons (Fsp3) is 0.174. The summed E-state index contributed by atoms with van der Waals surface area (Å²) in [7, 11) is 1.46. The topological polar surface area (TPSA) is 49.8 Å². The molecular weight excluding hydrogens is 395 g/mol. The van der Waals surface area contributed by atoms with Crippen LogP contribution in [0.3, 0.4) is 0 Å². The molecule has 30 heavy (non-hydrogen) atoms. The van der Waals surface area contributed by atoms with E-state index >= 15 is 0 Å². The number of fused-ring (bicyclic) bond motifs is 1. The minimum atomic E-state index is -4.83. The van der Waals surface area contributed by atoms with Crippen molar-refractivity contribution in [2.24, 2.45) is 0 Å². The predicted octanol–water partition coefficient (Wildman–Crippen LogP) is 4.85. The molecule has 0 spiro atoms. The number of nitrogens with zero attached hydrogens (tertiary/aromatic N) is 1. The summed E-state index contributed by atoms with van der Waals surface area (Å²) in [6.45, 7) is 0. The average molecular weight is 413 g/mol. The number of anilines is 1. The van der Waals surface area contributed by atoms with Gasteiger partial charge < -0.3 is 9.84 Å². The normalized spacial score (nSPS) is 19.5. The van der Waals surface area contributed by atoms with Crippen molar-refractivity contribution >= 4 is 11.6 Å². The summed E-state index contributed by atoms with van der Waals surface area (Å²) in [6, 6.07) is 18.9. The van der Waals surface area contributed by atoms with Gasteiger partial charge in [-0.1, -0.05) is 48.5 Å².